The largest absolute Gasteiger partial charge is 0.513 e. The molecule has 0 heterocycles. The number of hydrogen-bond donors (Lipinski definition) is 2. The zero-order valence-corrected chi connectivity index (χ0v) is 20.9. The number of aryl methyl sites for hydroxylation is 1. The van der Waals surface area contributed by atoms with Crippen molar-refractivity contribution in [3.05, 3.63) is 147 Å². The molecule has 0 aliphatic heterocycles. The van der Waals surface area contributed by atoms with Crippen LogP contribution in [0, 0.1) is 6.92 Å². The summed E-state index contributed by atoms with van der Waals surface area (Å²) in [5.41, 5.74) is 8.90. The Balaban J connectivity index is 1.92. The van der Waals surface area contributed by atoms with Crippen LogP contribution in [-0.4, -0.2) is 10.2 Å². The van der Waals surface area contributed by atoms with Crippen LogP contribution in [0.1, 0.15) is 47.2 Å². The quantitative estimate of drug-likeness (QED) is 0.280. The summed E-state index contributed by atoms with van der Waals surface area (Å²) in [6.45, 7) is 9.45. The molecule has 4 aromatic carbocycles. The van der Waals surface area contributed by atoms with Crippen molar-refractivity contribution < 1.29 is 10.2 Å². The highest BCUT2D eigenvalue weighted by Gasteiger charge is 2.45. The highest BCUT2D eigenvalue weighted by Crippen LogP contribution is 2.55. The van der Waals surface area contributed by atoms with Crippen molar-refractivity contribution in [3.63, 3.8) is 0 Å². The molecule has 2 N–H and O–H groups in total. The average molecular weight is 471 g/mol. The maximum absolute atomic E-state index is 9.88. The molecule has 0 atom stereocenters. The minimum Gasteiger partial charge on any atom is -0.513 e. The van der Waals surface area contributed by atoms with Gasteiger partial charge in [0, 0.05) is 0 Å². The number of fused-ring (bicyclic) bond motifs is 3. The molecule has 1 aliphatic rings. The Morgan fingerprint density at radius 3 is 1.92 bits per heavy atom. The summed E-state index contributed by atoms with van der Waals surface area (Å²) in [7, 11) is 0. The summed E-state index contributed by atoms with van der Waals surface area (Å²) in [6, 6.07) is 30.3. The Kier molecular flexibility index (Phi) is 5.89. The fourth-order valence-electron chi connectivity index (χ4n) is 5.69. The van der Waals surface area contributed by atoms with E-state index in [-0.39, 0.29) is 11.5 Å². The van der Waals surface area contributed by atoms with Crippen LogP contribution >= 0.6 is 0 Å². The van der Waals surface area contributed by atoms with E-state index >= 15 is 0 Å². The van der Waals surface area contributed by atoms with Crippen molar-refractivity contribution in [3.8, 4) is 11.1 Å². The molecular formula is C34H30O2. The van der Waals surface area contributed by atoms with Gasteiger partial charge in [0.15, 0.2) is 0 Å². The van der Waals surface area contributed by atoms with Gasteiger partial charge >= 0.3 is 0 Å². The third kappa shape index (κ3) is 3.67. The van der Waals surface area contributed by atoms with Gasteiger partial charge in [0.05, 0.1) is 11.2 Å². The zero-order chi connectivity index (χ0) is 25.4. The molecule has 2 nitrogen and oxygen atoms in total. The Labute approximate surface area is 212 Å². The Morgan fingerprint density at radius 2 is 1.36 bits per heavy atom. The van der Waals surface area contributed by atoms with E-state index in [0.717, 1.165) is 27.1 Å². The summed E-state index contributed by atoms with van der Waals surface area (Å²) in [6.07, 6.45) is 5.57. The maximum Gasteiger partial charge on any atom is 0.109 e. The van der Waals surface area contributed by atoms with E-state index in [2.05, 4.69) is 105 Å². The molecule has 0 amide bonds. The van der Waals surface area contributed by atoms with Crippen LogP contribution in [0.15, 0.2) is 103 Å². The highest BCUT2D eigenvalue weighted by molar-refractivity contribution is 5.86. The van der Waals surface area contributed by atoms with Gasteiger partial charge in [0.1, 0.15) is 5.76 Å². The fraction of sp³-hybridized carbons (Fsp3) is 0.118. The van der Waals surface area contributed by atoms with Crippen molar-refractivity contribution in [2.45, 2.75) is 26.2 Å². The van der Waals surface area contributed by atoms with Crippen LogP contribution in [0.3, 0.4) is 0 Å². The number of aliphatic hydroxyl groups excluding tert-OH is 2. The smallest absolute Gasteiger partial charge is 0.109 e. The minimum absolute atomic E-state index is 0.0376. The number of rotatable bonds is 4. The van der Waals surface area contributed by atoms with Gasteiger partial charge in [-0.3, -0.25) is 0 Å². The van der Waals surface area contributed by atoms with E-state index < -0.39 is 5.41 Å². The van der Waals surface area contributed by atoms with Gasteiger partial charge in [-0.25, -0.2) is 0 Å². The number of aliphatic hydroxyl groups is 2. The molecule has 36 heavy (non-hydrogen) atoms. The van der Waals surface area contributed by atoms with Gasteiger partial charge in [-0.1, -0.05) is 91.5 Å². The van der Waals surface area contributed by atoms with Crippen LogP contribution in [0.25, 0.3) is 29.4 Å². The predicted molar refractivity (Wildman–Crippen MR) is 150 cm³/mol. The van der Waals surface area contributed by atoms with Crippen molar-refractivity contribution in [1.82, 2.24) is 0 Å². The summed E-state index contributed by atoms with van der Waals surface area (Å²) in [4.78, 5) is 0. The van der Waals surface area contributed by atoms with Crippen LogP contribution in [0.4, 0.5) is 0 Å². The van der Waals surface area contributed by atoms with E-state index in [1.54, 1.807) is 19.1 Å². The monoisotopic (exact) mass is 470 g/mol. The summed E-state index contributed by atoms with van der Waals surface area (Å²) in [5.74, 6) is 0.327. The van der Waals surface area contributed by atoms with Gasteiger partial charge in [-0.15, -0.1) is 0 Å². The second-order valence-electron chi connectivity index (χ2n) is 9.47. The molecule has 0 saturated carbocycles. The third-order valence-corrected chi connectivity index (χ3v) is 7.17. The average Bonchev–Trinajstić information content (AvgIpc) is 3.16. The molecule has 0 unspecified atom stereocenters. The lowest BCUT2D eigenvalue weighted by atomic mass is 9.67. The topological polar surface area (TPSA) is 40.5 Å². The zero-order valence-electron chi connectivity index (χ0n) is 20.9. The van der Waals surface area contributed by atoms with E-state index in [1.807, 2.05) is 6.92 Å². The second-order valence-corrected chi connectivity index (χ2v) is 9.47. The fourth-order valence-corrected chi connectivity index (χ4v) is 5.69. The number of allylic oxidation sites excluding steroid dienone is 2. The number of benzene rings is 4. The molecule has 0 bridgehead atoms. The predicted octanol–water partition coefficient (Wildman–Crippen LogP) is 6.93. The normalized spacial score (nSPS) is 15.0. The van der Waals surface area contributed by atoms with E-state index in [0.29, 0.717) is 0 Å². The Bertz CT molecular complexity index is 1600. The molecule has 0 aromatic heterocycles. The van der Waals surface area contributed by atoms with Gasteiger partial charge in [0.25, 0.3) is 0 Å². The molecule has 0 saturated heterocycles. The third-order valence-electron chi connectivity index (χ3n) is 7.17. The summed E-state index contributed by atoms with van der Waals surface area (Å²) in [5, 5.41) is 21.7. The first-order chi connectivity index (χ1) is 17.4. The number of hydrogen-bond acceptors (Lipinski definition) is 2. The minimum atomic E-state index is -0.513. The maximum atomic E-state index is 9.88. The van der Waals surface area contributed by atoms with Crippen LogP contribution in [0.5, 0.6) is 0 Å². The standard InChI is InChI=1S/C34H30O2/c1-5-25-21-29(17-15-27(25)20-24(4)36)34(28-16-14-26(19-23(3)35)22(2)18-28)32-12-8-6-10-30(32)31-11-7-9-13-33(31)34/h5-21,35-36H,4H2,1-3H3/b23-19+,25-5-,27-20-. The molecule has 5 rings (SSSR count). The van der Waals surface area contributed by atoms with Crippen molar-refractivity contribution in [2.24, 2.45) is 0 Å². The second kappa shape index (κ2) is 9.05. The molecule has 0 fully saturated rings. The first kappa shape index (κ1) is 23.4. The van der Waals surface area contributed by atoms with E-state index in [9.17, 15) is 10.2 Å². The van der Waals surface area contributed by atoms with Crippen LogP contribution in [-0.2, 0) is 5.41 Å². The molecule has 0 radical (unpaired) electrons. The summed E-state index contributed by atoms with van der Waals surface area (Å²) < 4.78 is 0. The molecular weight excluding hydrogens is 440 g/mol. The lowest BCUT2D eigenvalue weighted by Gasteiger charge is -2.34. The van der Waals surface area contributed by atoms with Gasteiger partial charge in [-0.2, -0.15) is 0 Å². The van der Waals surface area contributed by atoms with Crippen molar-refractivity contribution in [1.29, 1.82) is 0 Å². The Hall–Kier alpha value is -4.30. The molecule has 178 valence electrons. The molecule has 1 aliphatic carbocycles. The lowest BCUT2D eigenvalue weighted by Crippen LogP contribution is -2.33. The first-order valence-electron chi connectivity index (χ1n) is 12.2. The van der Waals surface area contributed by atoms with Crippen molar-refractivity contribution >= 4 is 18.2 Å². The van der Waals surface area contributed by atoms with Crippen LogP contribution in [0.2, 0.25) is 0 Å². The van der Waals surface area contributed by atoms with Crippen LogP contribution < -0.4 is 10.4 Å². The molecule has 4 aromatic rings. The van der Waals surface area contributed by atoms with Gasteiger partial charge in [0.2, 0.25) is 0 Å². The van der Waals surface area contributed by atoms with Crippen molar-refractivity contribution in [2.75, 3.05) is 0 Å². The summed E-state index contributed by atoms with van der Waals surface area (Å²) >= 11 is 0. The molecule has 0 spiro atoms. The highest BCUT2D eigenvalue weighted by atomic mass is 16.3. The lowest BCUT2D eigenvalue weighted by molar-refractivity contribution is 0.420. The Morgan fingerprint density at radius 1 is 0.778 bits per heavy atom. The van der Waals surface area contributed by atoms with E-state index in [1.165, 1.54) is 27.8 Å². The first-order valence-corrected chi connectivity index (χ1v) is 12.2. The molecule has 2 heteroatoms. The van der Waals surface area contributed by atoms with Gasteiger partial charge in [-0.05, 0) is 93.9 Å². The van der Waals surface area contributed by atoms with Gasteiger partial charge < -0.3 is 10.2 Å². The SMILES string of the molecule is C=C(O)/C=c1/ccc(C2(c3ccc(/C=C(\C)O)c(C)c3)c3ccccc3-c3ccccc32)c/c1=C/C. The van der Waals surface area contributed by atoms with E-state index in [4.69, 9.17) is 0 Å².